The first-order chi connectivity index (χ1) is 9.82. The smallest absolute Gasteiger partial charge is 0.133 e. The molecule has 0 aliphatic carbocycles. The van der Waals surface area contributed by atoms with E-state index in [9.17, 15) is 5.11 Å². The van der Waals surface area contributed by atoms with Crippen LogP contribution in [0.3, 0.4) is 0 Å². The Labute approximate surface area is 127 Å². The molecule has 0 radical (unpaired) electrons. The summed E-state index contributed by atoms with van der Waals surface area (Å²) in [6.45, 7) is 8.52. The number of aryl methyl sites for hydroxylation is 1. The zero-order valence-corrected chi connectivity index (χ0v) is 13.5. The summed E-state index contributed by atoms with van der Waals surface area (Å²) in [6.07, 6.45) is 0. The Morgan fingerprint density at radius 2 is 1.81 bits per heavy atom. The Bertz CT molecular complexity index is 629. The number of anilines is 2. The van der Waals surface area contributed by atoms with Gasteiger partial charge in [0, 0.05) is 23.8 Å². The quantitative estimate of drug-likeness (QED) is 0.927. The van der Waals surface area contributed by atoms with Crippen LogP contribution in [0.4, 0.5) is 11.5 Å². The number of rotatable bonds is 3. The van der Waals surface area contributed by atoms with Gasteiger partial charge in [0.2, 0.25) is 0 Å². The van der Waals surface area contributed by atoms with Gasteiger partial charge in [-0.05, 0) is 36.2 Å². The number of aromatic nitrogens is 1. The van der Waals surface area contributed by atoms with Gasteiger partial charge in [-0.2, -0.15) is 0 Å². The van der Waals surface area contributed by atoms with Gasteiger partial charge in [-0.1, -0.05) is 39.0 Å². The van der Waals surface area contributed by atoms with Crippen LogP contribution in [0.5, 0.6) is 0 Å². The van der Waals surface area contributed by atoms with Crippen LogP contribution in [-0.2, 0) is 12.0 Å². The molecule has 21 heavy (non-hydrogen) atoms. The number of aliphatic hydroxyl groups excluding tert-OH is 1. The summed E-state index contributed by atoms with van der Waals surface area (Å²) in [7, 11) is 2.01. The maximum Gasteiger partial charge on any atom is 0.133 e. The molecule has 0 bridgehead atoms. The standard InChI is InChI=1S/C18H24N2O/c1-13-8-6-7-9-15(13)20(5)17-11-14(12-21)10-16(19-17)18(2,3)4/h6-11,21H,12H2,1-5H3. The predicted molar refractivity (Wildman–Crippen MR) is 88.1 cm³/mol. The highest BCUT2D eigenvalue weighted by Crippen LogP contribution is 2.29. The Kier molecular flexibility index (Phi) is 4.33. The number of hydrogen-bond donors (Lipinski definition) is 1. The van der Waals surface area contributed by atoms with E-state index in [1.165, 1.54) is 5.56 Å². The molecule has 0 unspecified atom stereocenters. The summed E-state index contributed by atoms with van der Waals surface area (Å²) in [5.41, 5.74) is 4.16. The zero-order chi connectivity index (χ0) is 15.6. The van der Waals surface area contributed by atoms with Gasteiger partial charge in [-0.3, -0.25) is 0 Å². The summed E-state index contributed by atoms with van der Waals surface area (Å²) in [6, 6.07) is 12.2. The third-order valence-corrected chi connectivity index (χ3v) is 3.64. The van der Waals surface area contributed by atoms with Gasteiger partial charge in [-0.25, -0.2) is 4.98 Å². The molecule has 1 N–H and O–H groups in total. The molecule has 0 spiro atoms. The SMILES string of the molecule is Cc1ccccc1N(C)c1cc(CO)cc(C(C)(C)C)n1. The van der Waals surface area contributed by atoms with Crippen LogP contribution in [0.15, 0.2) is 36.4 Å². The number of nitrogens with zero attached hydrogens (tertiary/aromatic N) is 2. The van der Waals surface area contributed by atoms with Crippen LogP contribution >= 0.6 is 0 Å². The molecule has 2 aromatic rings. The second kappa shape index (κ2) is 5.86. The van der Waals surface area contributed by atoms with E-state index in [1.54, 1.807) is 0 Å². The predicted octanol–water partition coefficient (Wildman–Crippen LogP) is 3.95. The van der Waals surface area contributed by atoms with E-state index in [2.05, 4.69) is 44.7 Å². The van der Waals surface area contributed by atoms with Crippen molar-refractivity contribution < 1.29 is 5.11 Å². The first kappa shape index (κ1) is 15.5. The fourth-order valence-corrected chi connectivity index (χ4v) is 2.28. The molecule has 0 amide bonds. The first-order valence-corrected chi connectivity index (χ1v) is 7.24. The van der Waals surface area contributed by atoms with Gasteiger partial charge in [0.05, 0.1) is 6.61 Å². The average Bonchev–Trinajstić information content (AvgIpc) is 2.45. The van der Waals surface area contributed by atoms with Crippen molar-refractivity contribution in [3.05, 3.63) is 53.2 Å². The topological polar surface area (TPSA) is 36.4 Å². The third kappa shape index (κ3) is 3.42. The molecule has 0 saturated heterocycles. The van der Waals surface area contributed by atoms with E-state index >= 15 is 0 Å². The highest BCUT2D eigenvalue weighted by atomic mass is 16.3. The Balaban J connectivity index is 2.51. The average molecular weight is 284 g/mol. The minimum atomic E-state index is -0.0491. The number of benzene rings is 1. The molecule has 1 aromatic carbocycles. The molecule has 2 rings (SSSR count). The third-order valence-electron chi connectivity index (χ3n) is 3.64. The van der Waals surface area contributed by atoms with Gasteiger partial charge in [-0.15, -0.1) is 0 Å². The maximum atomic E-state index is 9.51. The van der Waals surface area contributed by atoms with Gasteiger partial charge < -0.3 is 10.0 Å². The van der Waals surface area contributed by atoms with Crippen molar-refractivity contribution in [3.8, 4) is 0 Å². The normalized spacial score (nSPS) is 11.5. The van der Waals surface area contributed by atoms with E-state index in [1.807, 2.05) is 31.3 Å². The second-order valence-corrected chi connectivity index (χ2v) is 6.47. The molecule has 0 atom stereocenters. The van der Waals surface area contributed by atoms with E-state index in [0.717, 1.165) is 22.8 Å². The fraction of sp³-hybridized carbons (Fsp3) is 0.389. The van der Waals surface area contributed by atoms with Crippen molar-refractivity contribution in [2.75, 3.05) is 11.9 Å². The van der Waals surface area contributed by atoms with Crippen LogP contribution < -0.4 is 4.90 Å². The number of aliphatic hydroxyl groups is 1. The summed E-state index contributed by atoms with van der Waals surface area (Å²) >= 11 is 0. The van der Waals surface area contributed by atoms with Crippen molar-refractivity contribution in [2.45, 2.75) is 39.7 Å². The van der Waals surface area contributed by atoms with Gasteiger partial charge in [0.15, 0.2) is 0 Å². The summed E-state index contributed by atoms with van der Waals surface area (Å²) in [5.74, 6) is 0.862. The minimum Gasteiger partial charge on any atom is -0.392 e. The summed E-state index contributed by atoms with van der Waals surface area (Å²) in [5, 5.41) is 9.51. The van der Waals surface area contributed by atoms with Crippen LogP contribution in [0.1, 0.15) is 37.6 Å². The highest BCUT2D eigenvalue weighted by Gasteiger charge is 2.18. The monoisotopic (exact) mass is 284 g/mol. The van der Waals surface area contributed by atoms with Crippen LogP contribution in [0.2, 0.25) is 0 Å². The van der Waals surface area contributed by atoms with Crippen molar-refractivity contribution >= 4 is 11.5 Å². The lowest BCUT2D eigenvalue weighted by Crippen LogP contribution is -2.19. The minimum absolute atomic E-state index is 0.0280. The Morgan fingerprint density at radius 1 is 1.14 bits per heavy atom. The fourth-order valence-electron chi connectivity index (χ4n) is 2.28. The number of hydrogen-bond acceptors (Lipinski definition) is 3. The molecular weight excluding hydrogens is 260 g/mol. The molecule has 112 valence electrons. The number of pyridine rings is 1. The lowest BCUT2D eigenvalue weighted by Gasteiger charge is -2.25. The number of para-hydroxylation sites is 1. The van der Waals surface area contributed by atoms with E-state index in [4.69, 9.17) is 4.98 Å². The van der Waals surface area contributed by atoms with Gasteiger partial charge >= 0.3 is 0 Å². The second-order valence-electron chi connectivity index (χ2n) is 6.47. The largest absolute Gasteiger partial charge is 0.392 e. The molecule has 3 heteroatoms. The van der Waals surface area contributed by atoms with Crippen LogP contribution in [-0.4, -0.2) is 17.1 Å². The van der Waals surface area contributed by atoms with Gasteiger partial charge in [0.1, 0.15) is 5.82 Å². The Morgan fingerprint density at radius 3 is 2.38 bits per heavy atom. The molecule has 0 fully saturated rings. The van der Waals surface area contributed by atoms with Gasteiger partial charge in [0.25, 0.3) is 0 Å². The van der Waals surface area contributed by atoms with E-state index in [-0.39, 0.29) is 12.0 Å². The molecule has 0 aliphatic heterocycles. The van der Waals surface area contributed by atoms with Crippen LogP contribution in [0.25, 0.3) is 0 Å². The Hall–Kier alpha value is -1.87. The molecule has 3 nitrogen and oxygen atoms in total. The molecule has 1 aromatic heterocycles. The van der Waals surface area contributed by atoms with Crippen molar-refractivity contribution in [3.63, 3.8) is 0 Å². The van der Waals surface area contributed by atoms with Crippen molar-refractivity contribution in [2.24, 2.45) is 0 Å². The highest BCUT2D eigenvalue weighted by molar-refractivity contribution is 5.63. The zero-order valence-electron chi connectivity index (χ0n) is 13.5. The van der Waals surface area contributed by atoms with Crippen LogP contribution in [0, 0.1) is 6.92 Å². The first-order valence-electron chi connectivity index (χ1n) is 7.24. The lowest BCUT2D eigenvalue weighted by molar-refractivity contribution is 0.281. The summed E-state index contributed by atoms with van der Waals surface area (Å²) < 4.78 is 0. The molecule has 0 saturated carbocycles. The van der Waals surface area contributed by atoms with Crippen molar-refractivity contribution in [1.82, 2.24) is 4.98 Å². The van der Waals surface area contributed by atoms with E-state index in [0.29, 0.717) is 0 Å². The summed E-state index contributed by atoms with van der Waals surface area (Å²) in [4.78, 5) is 6.86. The van der Waals surface area contributed by atoms with E-state index < -0.39 is 0 Å². The van der Waals surface area contributed by atoms with Crippen molar-refractivity contribution in [1.29, 1.82) is 0 Å². The lowest BCUT2D eigenvalue weighted by atomic mass is 9.91. The molecule has 1 heterocycles. The molecular formula is C18H24N2O. The molecule has 0 aliphatic rings. The maximum absolute atomic E-state index is 9.51.